The first-order valence-electron chi connectivity index (χ1n) is 5.86. The Morgan fingerprint density at radius 3 is 2.75 bits per heavy atom. The van der Waals surface area contributed by atoms with E-state index in [0.29, 0.717) is 11.4 Å². The van der Waals surface area contributed by atoms with Gasteiger partial charge in [-0.25, -0.2) is 4.98 Å². The summed E-state index contributed by atoms with van der Waals surface area (Å²) >= 11 is 0. The molecule has 0 aromatic carbocycles. The number of hydrogen-bond acceptors (Lipinski definition) is 4. The zero-order chi connectivity index (χ0) is 11.8. The van der Waals surface area contributed by atoms with E-state index < -0.39 is 0 Å². The molecule has 1 aliphatic carbocycles. The van der Waals surface area contributed by atoms with Gasteiger partial charge in [0.25, 0.3) is 0 Å². The Morgan fingerprint density at radius 2 is 2.19 bits per heavy atom. The highest BCUT2D eigenvalue weighted by Gasteiger charge is 2.45. The van der Waals surface area contributed by atoms with Crippen LogP contribution >= 0.6 is 0 Å². The number of nitrogen functional groups attached to an aromatic ring is 1. The van der Waals surface area contributed by atoms with Gasteiger partial charge < -0.3 is 11.1 Å². The molecule has 4 heteroatoms. The van der Waals surface area contributed by atoms with Crippen molar-refractivity contribution in [3.63, 3.8) is 0 Å². The van der Waals surface area contributed by atoms with Gasteiger partial charge in [0.15, 0.2) is 0 Å². The minimum absolute atomic E-state index is 0.336. The predicted molar refractivity (Wildman–Crippen MR) is 66.2 cm³/mol. The van der Waals surface area contributed by atoms with Crippen LogP contribution in [0.1, 0.15) is 32.3 Å². The second-order valence-electron chi connectivity index (χ2n) is 5.13. The summed E-state index contributed by atoms with van der Waals surface area (Å²) in [5.41, 5.74) is 7.11. The fraction of sp³-hybridized carbons (Fsp3) is 0.667. The molecule has 16 heavy (non-hydrogen) atoms. The molecule has 0 unspecified atom stereocenters. The van der Waals surface area contributed by atoms with E-state index in [4.69, 9.17) is 5.73 Å². The summed E-state index contributed by atoms with van der Waals surface area (Å²) in [7, 11) is 0. The van der Waals surface area contributed by atoms with E-state index in [1.54, 1.807) is 6.20 Å². The molecule has 88 valence electrons. The molecule has 1 heterocycles. The average molecular weight is 220 g/mol. The van der Waals surface area contributed by atoms with E-state index in [2.05, 4.69) is 29.1 Å². The summed E-state index contributed by atoms with van der Waals surface area (Å²) in [6.07, 6.45) is 4.40. The molecule has 4 nitrogen and oxygen atoms in total. The van der Waals surface area contributed by atoms with Crippen LogP contribution in [0.3, 0.4) is 0 Å². The number of nitrogens with one attached hydrogen (secondary N) is 1. The molecule has 1 aromatic heterocycles. The normalized spacial score (nSPS) is 17.5. The molecule has 0 bridgehead atoms. The minimum atomic E-state index is 0.336. The van der Waals surface area contributed by atoms with E-state index in [0.717, 1.165) is 23.8 Å². The van der Waals surface area contributed by atoms with Crippen molar-refractivity contribution in [1.82, 2.24) is 9.97 Å². The maximum Gasteiger partial charge on any atom is 0.221 e. The van der Waals surface area contributed by atoms with E-state index in [1.165, 1.54) is 12.8 Å². The molecule has 1 fully saturated rings. The maximum absolute atomic E-state index is 5.58. The molecular weight excluding hydrogens is 200 g/mol. The Balaban J connectivity index is 2.02. The molecular formula is C12H20N4. The van der Waals surface area contributed by atoms with E-state index in [1.807, 2.05) is 6.92 Å². The standard InChI is InChI=1S/C12H20N4/c1-8(2)12(4-5-12)7-15-10-9(3)6-14-11(13)16-10/h6,8H,4-5,7H2,1-3H3,(H3,13,14,15,16). The lowest BCUT2D eigenvalue weighted by molar-refractivity contribution is 0.380. The third-order valence-electron chi connectivity index (χ3n) is 3.72. The van der Waals surface area contributed by atoms with E-state index in [-0.39, 0.29) is 0 Å². The lowest BCUT2D eigenvalue weighted by atomic mass is 9.92. The highest BCUT2D eigenvalue weighted by molar-refractivity contribution is 5.45. The summed E-state index contributed by atoms with van der Waals surface area (Å²) in [5, 5.41) is 3.41. The van der Waals surface area contributed by atoms with Gasteiger partial charge in [-0.1, -0.05) is 13.8 Å². The largest absolute Gasteiger partial charge is 0.369 e. The lowest BCUT2D eigenvalue weighted by Crippen LogP contribution is -2.22. The van der Waals surface area contributed by atoms with Gasteiger partial charge in [-0.15, -0.1) is 0 Å². The van der Waals surface area contributed by atoms with Crippen molar-refractivity contribution in [3.8, 4) is 0 Å². The van der Waals surface area contributed by atoms with Crippen molar-refractivity contribution in [2.45, 2.75) is 33.6 Å². The summed E-state index contributed by atoms with van der Waals surface area (Å²) in [6, 6.07) is 0. The second kappa shape index (κ2) is 3.92. The van der Waals surface area contributed by atoms with Gasteiger partial charge in [-0.2, -0.15) is 4.98 Å². The molecule has 1 aliphatic rings. The van der Waals surface area contributed by atoms with E-state index >= 15 is 0 Å². The van der Waals surface area contributed by atoms with Crippen LogP contribution < -0.4 is 11.1 Å². The minimum Gasteiger partial charge on any atom is -0.369 e. The molecule has 1 saturated carbocycles. The van der Waals surface area contributed by atoms with Crippen molar-refractivity contribution < 1.29 is 0 Å². The quantitative estimate of drug-likeness (QED) is 0.816. The van der Waals surface area contributed by atoms with Crippen molar-refractivity contribution in [2.75, 3.05) is 17.6 Å². The number of nitrogens with zero attached hydrogens (tertiary/aromatic N) is 2. The van der Waals surface area contributed by atoms with Crippen LogP contribution in [0.5, 0.6) is 0 Å². The lowest BCUT2D eigenvalue weighted by Gasteiger charge is -2.20. The molecule has 0 amide bonds. The number of hydrogen-bond donors (Lipinski definition) is 2. The van der Waals surface area contributed by atoms with Gasteiger partial charge in [-0.3, -0.25) is 0 Å². The Morgan fingerprint density at radius 1 is 1.50 bits per heavy atom. The number of anilines is 2. The summed E-state index contributed by atoms with van der Waals surface area (Å²) in [5.74, 6) is 1.93. The first-order chi connectivity index (χ1) is 7.53. The first kappa shape index (κ1) is 11.2. The van der Waals surface area contributed by atoms with Crippen LogP contribution in [0.25, 0.3) is 0 Å². The molecule has 0 radical (unpaired) electrons. The third kappa shape index (κ3) is 2.10. The number of aryl methyl sites for hydroxylation is 1. The average Bonchev–Trinajstić information content (AvgIpc) is 3.00. The van der Waals surface area contributed by atoms with Gasteiger partial charge >= 0.3 is 0 Å². The Labute approximate surface area is 96.7 Å². The van der Waals surface area contributed by atoms with Crippen molar-refractivity contribution in [1.29, 1.82) is 0 Å². The summed E-state index contributed by atoms with van der Waals surface area (Å²) in [6.45, 7) is 7.56. The highest BCUT2D eigenvalue weighted by Crippen LogP contribution is 2.51. The molecule has 2 rings (SSSR count). The second-order valence-corrected chi connectivity index (χ2v) is 5.13. The Bertz CT molecular complexity index is 383. The maximum atomic E-state index is 5.58. The van der Waals surface area contributed by atoms with Gasteiger partial charge in [0.05, 0.1) is 0 Å². The molecule has 0 saturated heterocycles. The van der Waals surface area contributed by atoms with E-state index in [9.17, 15) is 0 Å². The van der Waals surface area contributed by atoms with Crippen LogP contribution in [0.15, 0.2) is 6.20 Å². The number of rotatable bonds is 4. The zero-order valence-electron chi connectivity index (χ0n) is 10.2. The highest BCUT2D eigenvalue weighted by atomic mass is 15.1. The van der Waals surface area contributed by atoms with Crippen molar-refractivity contribution in [2.24, 2.45) is 11.3 Å². The monoisotopic (exact) mass is 220 g/mol. The van der Waals surface area contributed by atoms with Crippen LogP contribution in [0.2, 0.25) is 0 Å². The molecule has 3 N–H and O–H groups in total. The van der Waals surface area contributed by atoms with Gasteiger partial charge in [0, 0.05) is 18.3 Å². The summed E-state index contributed by atoms with van der Waals surface area (Å²) < 4.78 is 0. The van der Waals surface area contributed by atoms with Gasteiger partial charge in [0.2, 0.25) is 5.95 Å². The Hall–Kier alpha value is -1.32. The SMILES string of the molecule is Cc1cnc(N)nc1NCC1(C(C)C)CC1. The van der Waals surface area contributed by atoms with Crippen molar-refractivity contribution in [3.05, 3.63) is 11.8 Å². The summed E-state index contributed by atoms with van der Waals surface area (Å²) in [4.78, 5) is 8.18. The van der Waals surface area contributed by atoms with Crippen LogP contribution in [-0.2, 0) is 0 Å². The molecule has 0 atom stereocenters. The van der Waals surface area contributed by atoms with Gasteiger partial charge in [0.1, 0.15) is 5.82 Å². The molecule has 1 aromatic rings. The topological polar surface area (TPSA) is 63.8 Å². The Kier molecular flexibility index (Phi) is 2.74. The van der Waals surface area contributed by atoms with Crippen LogP contribution in [0.4, 0.5) is 11.8 Å². The number of nitrogens with two attached hydrogens (primary N) is 1. The van der Waals surface area contributed by atoms with Crippen molar-refractivity contribution >= 4 is 11.8 Å². The molecule has 0 spiro atoms. The number of aromatic nitrogens is 2. The third-order valence-corrected chi connectivity index (χ3v) is 3.72. The first-order valence-corrected chi connectivity index (χ1v) is 5.86. The smallest absolute Gasteiger partial charge is 0.221 e. The van der Waals surface area contributed by atoms with Crippen LogP contribution in [-0.4, -0.2) is 16.5 Å². The predicted octanol–water partition coefficient (Wildman–Crippen LogP) is 2.22. The fourth-order valence-corrected chi connectivity index (χ4v) is 2.01. The zero-order valence-corrected chi connectivity index (χ0v) is 10.2. The molecule has 0 aliphatic heterocycles. The van der Waals surface area contributed by atoms with Gasteiger partial charge in [-0.05, 0) is 31.1 Å². The fourth-order valence-electron chi connectivity index (χ4n) is 2.01. The van der Waals surface area contributed by atoms with Crippen LogP contribution in [0, 0.1) is 18.3 Å².